The fraction of sp³-hybridized carbons (Fsp3) is 0.467. The van der Waals surface area contributed by atoms with Gasteiger partial charge >= 0.3 is 5.97 Å². The fourth-order valence-electron chi connectivity index (χ4n) is 1.83. The van der Waals surface area contributed by atoms with Crippen LogP contribution in [0, 0.1) is 0 Å². The molecule has 0 heterocycles. The maximum atomic E-state index is 12.0. The van der Waals surface area contributed by atoms with Crippen LogP contribution in [0.4, 0.5) is 0 Å². The van der Waals surface area contributed by atoms with Crippen LogP contribution in [0.1, 0.15) is 42.1 Å². The number of aliphatic carboxylic acids is 1. The van der Waals surface area contributed by atoms with Gasteiger partial charge in [0.05, 0.1) is 6.61 Å². The van der Waals surface area contributed by atoms with Gasteiger partial charge in [0.2, 0.25) is 0 Å². The number of ether oxygens (including phenoxy) is 1. The molecule has 0 aliphatic carbocycles. The summed E-state index contributed by atoms with van der Waals surface area (Å²) in [4.78, 5) is 23.1. The third kappa shape index (κ3) is 5.01. The van der Waals surface area contributed by atoms with E-state index < -0.39 is 12.0 Å². The number of hydrogen-bond donors (Lipinski definition) is 2. The quantitative estimate of drug-likeness (QED) is 0.765. The lowest BCUT2D eigenvalue weighted by atomic mass is 10.1. The number of carbonyl (C=O) groups is 2. The second-order valence-electron chi connectivity index (χ2n) is 4.64. The summed E-state index contributed by atoms with van der Waals surface area (Å²) >= 11 is 0. The van der Waals surface area contributed by atoms with Crippen molar-refractivity contribution in [1.29, 1.82) is 0 Å². The number of nitrogens with one attached hydrogen (secondary N) is 1. The number of carboxylic acid groups (broad SMARTS) is 1. The van der Waals surface area contributed by atoms with E-state index in [1.807, 2.05) is 6.92 Å². The molecule has 20 heavy (non-hydrogen) atoms. The Bertz CT molecular complexity index is 442. The highest BCUT2D eigenvalue weighted by molar-refractivity contribution is 5.96. The topological polar surface area (TPSA) is 75.6 Å². The van der Waals surface area contributed by atoms with Gasteiger partial charge < -0.3 is 15.2 Å². The number of hydrogen-bond acceptors (Lipinski definition) is 3. The van der Waals surface area contributed by atoms with Gasteiger partial charge in [0.1, 0.15) is 6.04 Å². The lowest BCUT2D eigenvalue weighted by molar-refractivity contribution is -0.139. The third-order valence-electron chi connectivity index (χ3n) is 2.98. The van der Waals surface area contributed by atoms with Crippen LogP contribution < -0.4 is 5.32 Å². The van der Waals surface area contributed by atoms with E-state index >= 15 is 0 Å². The molecule has 0 spiro atoms. The van der Waals surface area contributed by atoms with Crippen molar-refractivity contribution in [3.8, 4) is 0 Å². The summed E-state index contributed by atoms with van der Waals surface area (Å²) in [6, 6.07) is 6.09. The Morgan fingerprint density at radius 1 is 1.30 bits per heavy atom. The predicted octanol–water partition coefficient (Wildman–Crippen LogP) is 2.21. The second kappa shape index (κ2) is 8.32. The Morgan fingerprint density at radius 3 is 2.45 bits per heavy atom. The fourth-order valence-corrected chi connectivity index (χ4v) is 1.83. The molecule has 1 aromatic carbocycles. The van der Waals surface area contributed by atoms with Crippen molar-refractivity contribution >= 4 is 11.9 Å². The molecule has 0 saturated carbocycles. The maximum Gasteiger partial charge on any atom is 0.326 e. The SMILES string of the molecule is CCCC[C@H](NC(=O)c1ccc(COC)cc1)C(=O)O. The lowest BCUT2D eigenvalue weighted by Gasteiger charge is -2.14. The molecule has 110 valence electrons. The van der Waals surface area contributed by atoms with E-state index in [0.29, 0.717) is 18.6 Å². The van der Waals surface area contributed by atoms with Gasteiger partial charge in [-0.2, -0.15) is 0 Å². The van der Waals surface area contributed by atoms with E-state index in [2.05, 4.69) is 5.32 Å². The summed E-state index contributed by atoms with van der Waals surface area (Å²) in [6.45, 7) is 2.46. The first kappa shape index (κ1) is 16.2. The number of unbranched alkanes of at least 4 members (excludes halogenated alkanes) is 1. The average Bonchev–Trinajstić information content (AvgIpc) is 2.44. The molecule has 1 amide bonds. The Kier molecular flexibility index (Phi) is 6.73. The zero-order valence-electron chi connectivity index (χ0n) is 11.9. The van der Waals surface area contributed by atoms with Crippen molar-refractivity contribution in [3.05, 3.63) is 35.4 Å². The maximum absolute atomic E-state index is 12.0. The van der Waals surface area contributed by atoms with Crippen molar-refractivity contribution in [2.75, 3.05) is 7.11 Å². The molecule has 5 heteroatoms. The van der Waals surface area contributed by atoms with Crippen LogP contribution in [-0.4, -0.2) is 30.1 Å². The van der Waals surface area contributed by atoms with Gasteiger partial charge in [-0.1, -0.05) is 31.9 Å². The number of carboxylic acids is 1. The van der Waals surface area contributed by atoms with Crippen molar-refractivity contribution in [2.45, 2.75) is 38.8 Å². The Balaban J connectivity index is 2.65. The van der Waals surface area contributed by atoms with Crippen LogP contribution in [0.3, 0.4) is 0 Å². The van der Waals surface area contributed by atoms with Crippen molar-refractivity contribution in [3.63, 3.8) is 0 Å². The van der Waals surface area contributed by atoms with E-state index in [4.69, 9.17) is 9.84 Å². The first-order valence-corrected chi connectivity index (χ1v) is 6.70. The van der Waals surface area contributed by atoms with Crippen molar-refractivity contribution in [2.24, 2.45) is 0 Å². The summed E-state index contributed by atoms with van der Waals surface area (Å²) < 4.78 is 4.99. The summed E-state index contributed by atoms with van der Waals surface area (Å²) in [6.07, 6.45) is 2.11. The van der Waals surface area contributed by atoms with Crippen LogP contribution >= 0.6 is 0 Å². The molecule has 5 nitrogen and oxygen atoms in total. The van der Waals surface area contributed by atoms with Crippen LogP contribution in [0.25, 0.3) is 0 Å². The smallest absolute Gasteiger partial charge is 0.326 e. The standard InChI is InChI=1S/C15H21NO4/c1-3-4-5-13(15(18)19)16-14(17)12-8-6-11(7-9-12)10-20-2/h6-9,13H,3-5,10H2,1-2H3,(H,16,17)(H,18,19)/t13-/m0/s1. The van der Waals surface area contributed by atoms with Gasteiger partial charge in [-0.05, 0) is 24.1 Å². The van der Waals surface area contributed by atoms with E-state index in [0.717, 1.165) is 18.4 Å². The van der Waals surface area contributed by atoms with E-state index in [9.17, 15) is 9.59 Å². The number of methoxy groups -OCH3 is 1. The molecule has 0 unspecified atom stereocenters. The summed E-state index contributed by atoms with van der Waals surface area (Å²) in [7, 11) is 1.60. The number of rotatable bonds is 8. The molecule has 1 atom stereocenters. The van der Waals surface area contributed by atoms with Crippen LogP contribution in [0.15, 0.2) is 24.3 Å². The van der Waals surface area contributed by atoms with Gasteiger partial charge in [-0.25, -0.2) is 4.79 Å². The molecular weight excluding hydrogens is 258 g/mol. The molecule has 0 aliphatic heterocycles. The zero-order valence-corrected chi connectivity index (χ0v) is 11.9. The zero-order chi connectivity index (χ0) is 15.0. The van der Waals surface area contributed by atoms with Gasteiger partial charge in [-0.15, -0.1) is 0 Å². The monoisotopic (exact) mass is 279 g/mol. The molecule has 1 rings (SSSR count). The summed E-state index contributed by atoms with van der Waals surface area (Å²) in [5.74, 6) is -1.36. The Labute approximate surface area is 118 Å². The van der Waals surface area contributed by atoms with Gasteiger partial charge in [0.15, 0.2) is 0 Å². The molecule has 0 radical (unpaired) electrons. The molecule has 0 bridgehead atoms. The van der Waals surface area contributed by atoms with E-state index in [1.54, 1.807) is 31.4 Å². The molecule has 0 aliphatic rings. The van der Waals surface area contributed by atoms with E-state index in [-0.39, 0.29) is 5.91 Å². The van der Waals surface area contributed by atoms with Crippen molar-refractivity contribution in [1.82, 2.24) is 5.32 Å². The molecule has 0 saturated heterocycles. The first-order valence-electron chi connectivity index (χ1n) is 6.70. The van der Waals surface area contributed by atoms with Gasteiger partial charge in [0.25, 0.3) is 5.91 Å². The third-order valence-corrected chi connectivity index (χ3v) is 2.98. The first-order chi connectivity index (χ1) is 9.58. The second-order valence-corrected chi connectivity index (χ2v) is 4.64. The molecule has 0 aromatic heterocycles. The highest BCUT2D eigenvalue weighted by Gasteiger charge is 2.19. The van der Waals surface area contributed by atoms with Gasteiger partial charge in [-0.3, -0.25) is 4.79 Å². The normalized spacial score (nSPS) is 11.9. The predicted molar refractivity (Wildman–Crippen MR) is 75.6 cm³/mol. The molecule has 0 fully saturated rings. The average molecular weight is 279 g/mol. The Hall–Kier alpha value is -1.88. The highest BCUT2D eigenvalue weighted by Crippen LogP contribution is 2.07. The number of carbonyl (C=O) groups excluding carboxylic acids is 1. The molecule has 2 N–H and O–H groups in total. The highest BCUT2D eigenvalue weighted by atomic mass is 16.5. The van der Waals surface area contributed by atoms with Gasteiger partial charge in [0, 0.05) is 12.7 Å². The largest absolute Gasteiger partial charge is 0.480 e. The molecule has 1 aromatic rings. The minimum Gasteiger partial charge on any atom is -0.480 e. The summed E-state index contributed by atoms with van der Waals surface area (Å²) in [5.41, 5.74) is 1.41. The Morgan fingerprint density at radius 2 is 1.95 bits per heavy atom. The minimum absolute atomic E-state index is 0.363. The lowest BCUT2D eigenvalue weighted by Crippen LogP contribution is -2.40. The van der Waals surface area contributed by atoms with E-state index in [1.165, 1.54) is 0 Å². The summed E-state index contributed by atoms with van der Waals surface area (Å²) in [5, 5.41) is 11.6. The number of amides is 1. The van der Waals surface area contributed by atoms with Crippen LogP contribution in [-0.2, 0) is 16.1 Å². The van der Waals surface area contributed by atoms with Crippen LogP contribution in [0.2, 0.25) is 0 Å². The minimum atomic E-state index is -0.997. The van der Waals surface area contributed by atoms with Crippen LogP contribution in [0.5, 0.6) is 0 Å². The molecular formula is C15H21NO4. The van der Waals surface area contributed by atoms with Crippen molar-refractivity contribution < 1.29 is 19.4 Å². The number of benzene rings is 1.